The Kier molecular flexibility index (Phi) is 6.44. The molecule has 33 heavy (non-hydrogen) atoms. The minimum Gasteiger partial charge on any atom is -0.379 e. The molecule has 2 aliphatic heterocycles. The molecule has 0 amide bonds. The second kappa shape index (κ2) is 9.48. The SMILES string of the molecule is N#CCN(c1cccc2cc(C3=NCC(CN4CCOCC4)S3)[nH]c12)S(=O)(=O)c1cccs1. The van der Waals surface area contributed by atoms with Gasteiger partial charge in [-0.3, -0.25) is 9.89 Å². The molecule has 0 spiro atoms. The molecule has 5 rings (SSSR count). The minimum absolute atomic E-state index is 0.211. The fourth-order valence-electron chi connectivity index (χ4n) is 4.08. The van der Waals surface area contributed by atoms with Gasteiger partial charge in [-0.1, -0.05) is 30.0 Å². The summed E-state index contributed by atoms with van der Waals surface area (Å²) in [5, 5.41) is 13.3. The summed E-state index contributed by atoms with van der Waals surface area (Å²) in [5.74, 6) is 0. The number of H-pyrrole nitrogens is 1. The molecule has 0 saturated carbocycles. The first-order valence-corrected chi connectivity index (χ1v) is 13.8. The summed E-state index contributed by atoms with van der Waals surface area (Å²) in [4.78, 5) is 10.6. The van der Waals surface area contributed by atoms with E-state index in [0.717, 1.165) is 66.9 Å². The predicted molar refractivity (Wildman–Crippen MR) is 133 cm³/mol. The van der Waals surface area contributed by atoms with Crippen LogP contribution in [0.4, 0.5) is 5.69 Å². The molecule has 2 aromatic heterocycles. The van der Waals surface area contributed by atoms with Crippen molar-refractivity contribution < 1.29 is 13.2 Å². The van der Waals surface area contributed by atoms with E-state index < -0.39 is 10.0 Å². The molecule has 4 heterocycles. The van der Waals surface area contributed by atoms with Crippen LogP contribution in [0.15, 0.2) is 51.0 Å². The third-order valence-electron chi connectivity index (χ3n) is 5.67. The number of nitriles is 1. The maximum Gasteiger partial charge on any atom is 0.274 e. The lowest BCUT2D eigenvalue weighted by Crippen LogP contribution is -2.40. The van der Waals surface area contributed by atoms with Crippen molar-refractivity contribution in [2.24, 2.45) is 4.99 Å². The van der Waals surface area contributed by atoms with Gasteiger partial charge in [-0.25, -0.2) is 12.7 Å². The number of rotatable bonds is 7. The van der Waals surface area contributed by atoms with Gasteiger partial charge in [-0.15, -0.1) is 11.3 Å². The highest BCUT2D eigenvalue weighted by Gasteiger charge is 2.29. The molecule has 0 aliphatic carbocycles. The van der Waals surface area contributed by atoms with Gasteiger partial charge in [0.25, 0.3) is 10.0 Å². The van der Waals surface area contributed by atoms with E-state index in [1.54, 1.807) is 35.3 Å². The quantitative estimate of drug-likeness (QED) is 0.499. The zero-order valence-electron chi connectivity index (χ0n) is 17.8. The van der Waals surface area contributed by atoms with Gasteiger partial charge in [0.2, 0.25) is 0 Å². The van der Waals surface area contributed by atoms with Crippen LogP contribution in [0, 0.1) is 11.3 Å². The number of hydrogen-bond acceptors (Lipinski definition) is 8. The highest BCUT2D eigenvalue weighted by atomic mass is 32.2. The predicted octanol–water partition coefficient (Wildman–Crippen LogP) is 3.14. The number of aliphatic imine (C=N–C) groups is 1. The first-order chi connectivity index (χ1) is 16.1. The lowest BCUT2D eigenvalue weighted by Gasteiger charge is -2.28. The van der Waals surface area contributed by atoms with Crippen molar-refractivity contribution >= 4 is 54.8 Å². The van der Waals surface area contributed by atoms with Crippen molar-refractivity contribution in [3.05, 3.63) is 47.5 Å². The van der Waals surface area contributed by atoms with Crippen LogP contribution < -0.4 is 4.31 Å². The normalized spacial score (nSPS) is 19.5. The maximum atomic E-state index is 13.3. The smallest absolute Gasteiger partial charge is 0.274 e. The molecule has 0 radical (unpaired) electrons. The number of thiophene rings is 1. The molecule has 0 bridgehead atoms. The van der Waals surface area contributed by atoms with Gasteiger partial charge < -0.3 is 9.72 Å². The van der Waals surface area contributed by atoms with Gasteiger partial charge in [-0.05, 0) is 23.6 Å². The maximum absolute atomic E-state index is 13.3. The Morgan fingerprint density at radius 3 is 2.88 bits per heavy atom. The van der Waals surface area contributed by atoms with Gasteiger partial charge >= 0.3 is 0 Å². The number of morpholine rings is 1. The molecular formula is C22H23N5O3S3. The summed E-state index contributed by atoms with van der Waals surface area (Å²) in [5.41, 5.74) is 2.02. The van der Waals surface area contributed by atoms with Gasteiger partial charge in [0.1, 0.15) is 15.8 Å². The van der Waals surface area contributed by atoms with Crippen molar-refractivity contribution in [3.8, 4) is 6.07 Å². The second-order valence-electron chi connectivity index (χ2n) is 7.82. The molecule has 2 aliphatic rings. The standard InChI is InChI=1S/C22H23N5O3S3/c23-6-7-27(33(28,29)20-5-2-12-31-20)19-4-1-3-16-13-18(25-21(16)19)22-24-14-17(32-22)15-26-8-10-30-11-9-26/h1-5,12-13,17,25H,7-11,14-15H2. The molecule has 1 saturated heterocycles. The highest BCUT2D eigenvalue weighted by Crippen LogP contribution is 2.34. The summed E-state index contributed by atoms with van der Waals surface area (Å²) >= 11 is 2.90. The summed E-state index contributed by atoms with van der Waals surface area (Å²) in [6, 6.07) is 12.7. The van der Waals surface area contributed by atoms with Crippen LogP contribution in [0.1, 0.15) is 5.69 Å². The summed E-state index contributed by atoms with van der Waals surface area (Å²) in [6.07, 6.45) is 0. The van der Waals surface area contributed by atoms with E-state index in [2.05, 4.69) is 9.88 Å². The number of aromatic amines is 1. The monoisotopic (exact) mass is 501 g/mol. The largest absolute Gasteiger partial charge is 0.379 e. The molecule has 1 atom stereocenters. The van der Waals surface area contributed by atoms with Gasteiger partial charge in [0, 0.05) is 30.3 Å². The van der Waals surface area contributed by atoms with E-state index in [-0.39, 0.29) is 10.8 Å². The molecule has 1 aromatic carbocycles. The number of benzene rings is 1. The summed E-state index contributed by atoms with van der Waals surface area (Å²) in [7, 11) is -3.84. The van der Waals surface area contributed by atoms with Crippen molar-refractivity contribution in [1.82, 2.24) is 9.88 Å². The second-order valence-corrected chi connectivity index (χ2v) is 12.2. The Hall–Kier alpha value is -2.36. The van der Waals surface area contributed by atoms with Gasteiger partial charge in [0.15, 0.2) is 0 Å². The summed E-state index contributed by atoms with van der Waals surface area (Å²) in [6.45, 7) is 4.93. The fraction of sp³-hybridized carbons (Fsp3) is 0.364. The van der Waals surface area contributed by atoms with Crippen LogP contribution in [-0.2, 0) is 14.8 Å². The lowest BCUT2D eigenvalue weighted by atomic mass is 10.2. The number of nitrogens with one attached hydrogen (secondary N) is 1. The third-order valence-corrected chi connectivity index (χ3v) is 10.0. The minimum atomic E-state index is -3.84. The van der Waals surface area contributed by atoms with E-state index in [9.17, 15) is 13.7 Å². The molecule has 8 nitrogen and oxygen atoms in total. The van der Waals surface area contributed by atoms with Crippen LogP contribution in [0.25, 0.3) is 10.9 Å². The number of thioether (sulfide) groups is 1. The number of ether oxygens (including phenoxy) is 1. The molecular weight excluding hydrogens is 478 g/mol. The van der Waals surface area contributed by atoms with Crippen LogP contribution in [0.5, 0.6) is 0 Å². The van der Waals surface area contributed by atoms with E-state index in [0.29, 0.717) is 16.5 Å². The lowest BCUT2D eigenvalue weighted by molar-refractivity contribution is 0.0385. The first kappa shape index (κ1) is 22.4. The van der Waals surface area contributed by atoms with Crippen molar-refractivity contribution in [3.63, 3.8) is 0 Å². The number of para-hydroxylation sites is 1. The van der Waals surface area contributed by atoms with Gasteiger partial charge in [0.05, 0.1) is 42.7 Å². The summed E-state index contributed by atoms with van der Waals surface area (Å²) < 4.78 is 33.3. The molecule has 1 unspecified atom stereocenters. The van der Waals surface area contributed by atoms with Gasteiger partial charge in [-0.2, -0.15) is 5.26 Å². The van der Waals surface area contributed by atoms with E-state index in [4.69, 9.17) is 9.73 Å². The number of hydrogen-bond donors (Lipinski definition) is 1. The third kappa shape index (κ3) is 4.54. The zero-order chi connectivity index (χ0) is 22.8. The van der Waals surface area contributed by atoms with E-state index in [1.807, 2.05) is 24.3 Å². The Labute approximate surface area is 200 Å². The number of nitrogens with zero attached hydrogens (tertiary/aromatic N) is 4. The molecule has 3 aromatic rings. The topological polar surface area (TPSA) is 102 Å². The Morgan fingerprint density at radius 2 is 2.12 bits per heavy atom. The number of sulfonamides is 1. The van der Waals surface area contributed by atoms with Crippen molar-refractivity contribution in [1.29, 1.82) is 5.26 Å². The first-order valence-electron chi connectivity index (χ1n) is 10.6. The molecule has 1 N–H and O–H groups in total. The number of fused-ring (bicyclic) bond motifs is 1. The van der Waals surface area contributed by atoms with E-state index >= 15 is 0 Å². The number of aromatic nitrogens is 1. The highest BCUT2D eigenvalue weighted by molar-refractivity contribution is 8.15. The Bertz CT molecular complexity index is 1300. The fourth-order valence-corrected chi connectivity index (χ4v) is 7.69. The Morgan fingerprint density at radius 1 is 1.27 bits per heavy atom. The average molecular weight is 502 g/mol. The van der Waals surface area contributed by atoms with Crippen LogP contribution in [0.3, 0.4) is 0 Å². The van der Waals surface area contributed by atoms with Crippen LogP contribution in [-0.4, -0.2) is 74.5 Å². The van der Waals surface area contributed by atoms with Crippen molar-refractivity contribution in [2.75, 3.05) is 50.2 Å². The molecule has 11 heteroatoms. The zero-order valence-corrected chi connectivity index (χ0v) is 20.3. The van der Waals surface area contributed by atoms with Crippen LogP contribution in [0.2, 0.25) is 0 Å². The average Bonchev–Trinajstić information content (AvgIpc) is 3.58. The number of anilines is 1. The van der Waals surface area contributed by atoms with Crippen molar-refractivity contribution in [2.45, 2.75) is 9.46 Å². The van der Waals surface area contributed by atoms with Crippen LogP contribution >= 0.6 is 23.1 Å². The van der Waals surface area contributed by atoms with E-state index in [1.165, 1.54) is 4.31 Å². The molecule has 172 valence electrons. The Balaban J connectivity index is 1.42. The molecule has 1 fully saturated rings.